The van der Waals surface area contributed by atoms with Crippen LogP contribution in [0, 0.1) is 0 Å². The molecule has 4 rings (SSSR count). The molecule has 3 heterocycles. The summed E-state index contributed by atoms with van der Waals surface area (Å²) in [6.45, 7) is 4.92. The summed E-state index contributed by atoms with van der Waals surface area (Å²) in [6, 6.07) is 1.66. The van der Waals surface area contributed by atoms with Crippen LogP contribution in [0.5, 0.6) is 0 Å². The van der Waals surface area contributed by atoms with Crippen LogP contribution in [0.2, 0.25) is 0 Å². The molecule has 7 nitrogen and oxygen atoms in total. The molecule has 0 spiro atoms. The zero-order valence-electron chi connectivity index (χ0n) is 14.8. The van der Waals surface area contributed by atoms with Crippen LogP contribution in [0.4, 0.5) is 0 Å². The van der Waals surface area contributed by atoms with Crippen molar-refractivity contribution in [1.29, 1.82) is 0 Å². The molecule has 2 aromatic heterocycles. The summed E-state index contributed by atoms with van der Waals surface area (Å²) in [7, 11) is 0. The average molecular weight is 344 g/mol. The monoisotopic (exact) mass is 344 g/mol. The van der Waals surface area contributed by atoms with E-state index < -0.39 is 0 Å². The fourth-order valence-electron chi connectivity index (χ4n) is 3.59. The lowest BCUT2D eigenvalue weighted by molar-refractivity contribution is 0.0686. The van der Waals surface area contributed by atoms with Crippen molar-refractivity contribution in [2.45, 2.75) is 70.3 Å². The first-order chi connectivity index (χ1) is 12.2. The van der Waals surface area contributed by atoms with Crippen molar-refractivity contribution < 1.29 is 13.8 Å². The highest BCUT2D eigenvalue weighted by Gasteiger charge is 2.37. The molecule has 2 fully saturated rings. The lowest BCUT2D eigenvalue weighted by Crippen LogP contribution is -2.30. The Bertz CT molecular complexity index is 745. The zero-order valence-corrected chi connectivity index (χ0v) is 14.8. The Kier molecular flexibility index (Phi) is 4.31. The molecule has 1 atom stereocenters. The first kappa shape index (κ1) is 16.3. The van der Waals surface area contributed by atoms with Gasteiger partial charge in [-0.05, 0) is 38.5 Å². The topological polar surface area (TPSA) is 85.3 Å². The van der Waals surface area contributed by atoms with Gasteiger partial charge in [0, 0.05) is 24.4 Å². The highest BCUT2D eigenvalue weighted by Crippen LogP contribution is 2.40. The second kappa shape index (κ2) is 6.61. The highest BCUT2D eigenvalue weighted by atomic mass is 16.5. The summed E-state index contributed by atoms with van der Waals surface area (Å²) in [4.78, 5) is 19.2. The molecule has 0 N–H and O–H groups in total. The molecule has 7 heteroatoms. The number of hydrogen-bond acceptors (Lipinski definition) is 6. The van der Waals surface area contributed by atoms with Gasteiger partial charge in [0.05, 0.1) is 11.7 Å². The van der Waals surface area contributed by atoms with E-state index >= 15 is 0 Å². The van der Waals surface area contributed by atoms with E-state index in [0.717, 1.165) is 44.2 Å². The second-order valence-electron chi connectivity index (χ2n) is 7.05. The molecular weight excluding hydrogens is 320 g/mol. The van der Waals surface area contributed by atoms with Crippen LogP contribution in [-0.4, -0.2) is 32.6 Å². The average Bonchev–Trinajstić information content (AvgIpc) is 3.07. The molecule has 0 radical (unpaired) electrons. The largest absolute Gasteiger partial charge is 0.351 e. The number of carbonyl (C=O) groups excluding carboxylic acids is 1. The number of hydrogen-bond donors (Lipinski definition) is 0. The first-order valence-corrected chi connectivity index (χ1v) is 9.32. The van der Waals surface area contributed by atoms with Gasteiger partial charge in [-0.1, -0.05) is 24.2 Å². The van der Waals surface area contributed by atoms with Gasteiger partial charge in [0.2, 0.25) is 11.7 Å². The van der Waals surface area contributed by atoms with Gasteiger partial charge in [-0.2, -0.15) is 4.98 Å². The zero-order chi connectivity index (χ0) is 17.4. The first-order valence-electron chi connectivity index (χ1n) is 9.32. The minimum atomic E-state index is -0.134. The number of rotatable bonds is 6. The van der Waals surface area contributed by atoms with Crippen molar-refractivity contribution in [2.75, 3.05) is 6.54 Å². The van der Waals surface area contributed by atoms with Gasteiger partial charge in [0.25, 0.3) is 5.91 Å². The van der Waals surface area contributed by atoms with Gasteiger partial charge in [-0.15, -0.1) is 0 Å². The number of aromatic nitrogens is 3. The lowest BCUT2D eigenvalue weighted by atomic mass is 9.99. The SMILES string of the molecule is CCC(CC)c1cc(C(=O)N2CCC[C@H]2c2noc(C3CC3)n2)on1. The third-order valence-corrected chi connectivity index (χ3v) is 5.34. The van der Waals surface area contributed by atoms with Gasteiger partial charge in [0.15, 0.2) is 5.82 Å². The van der Waals surface area contributed by atoms with E-state index in [1.54, 1.807) is 11.0 Å². The minimum Gasteiger partial charge on any atom is -0.351 e. The number of nitrogens with zero attached hydrogens (tertiary/aromatic N) is 4. The molecule has 1 amide bonds. The number of carbonyl (C=O) groups is 1. The Balaban J connectivity index is 1.52. The van der Waals surface area contributed by atoms with Crippen LogP contribution in [0.1, 0.15) is 98.2 Å². The van der Waals surface area contributed by atoms with Gasteiger partial charge < -0.3 is 13.9 Å². The van der Waals surface area contributed by atoms with Crippen molar-refractivity contribution in [3.05, 3.63) is 29.2 Å². The van der Waals surface area contributed by atoms with Crippen LogP contribution in [0.15, 0.2) is 15.1 Å². The summed E-state index contributed by atoms with van der Waals surface area (Å²) in [5, 5.41) is 8.23. The maximum Gasteiger partial charge on any atom is 0.293 e. The molecule has 1 saturated heterocycles. The van der Waals surface area contributed by atoms with Crippen LogP contribution in [0.3, 0.4) is 0 Å². The Labute approximate surface area is 146 Å². The van der Waals surface area contributed by atoms with E-state index in [0.29, 0.717) is 35.9 Å². The highest BCUT2D eigenvalue weighted by molar-refractivity contribution is 5.92. The molecule has 2 aromatic rings. The van der Waals surface area contributed by atoms with E-state index in [9.17, 15) is 4.79 Å². The molecule has 134 valence electrons. The van der Waals surface area contributed by atoms with E-state index in [1.165, 1.54) is 0 Å². The second-order valence-corrected chi connectivity index (χ2v) is 7.05. The Morgan fingerprint density at radius 2 is 2.04 bits per heavy atom. The summed E-state index contributed by atoms with van der Waals surface area (Å²) in [5.41, 5.74) is 0.861. The molecule has 1 aliphatic carbocycles. The van der Waals surface area contributed by atoms with Crippen molar-refractivity contribution >= 4 is 5.91 Å². The normalized spacial score (nSPS) is 20.6. The summed E-state index contributed by atoms with van der Waals surface area (Å²) in [6.07, 6.45) is 5.98. The van der Waals surface area contributed by atoms with Crippen molar-refractivity contribution in [1.82, 2.24) is 20.2 Å². The fraction of sp³-hybridized carbons (Fsp3) is 0.667. The third kappa shape index (κ3) is 3.07. The van der Waals surface area contributed by atoms with Crippen LogP contribution >= 0.6 is 0 Å². The standard InChI is InChI=1S/C18H24N4O3/c1-3-11(4-2)13-10-15(24-20-13)18(23)22-9-5-6-14(22)16-19-17(25-21-16)12-7-8-12/h10-12,14H,3-9H2,1-2H3/t14-/m0/s1. The maximum absolute atomic E-state index is 12.9. The molecule has 0 aromatic carbocycles. The number of amides is 1. The van der Waals surface area contributed by atoms with E-state index in [1.807, 2.05) is 0 Å². The Morgan fingerprint density at radius 3 is 2.76 bits per heavy atom. The van der Waals surface area contributed by atoms with Crippen molar-refractivity contribution in [2.24, 2.45) is 0 Å². The molecular formula is C18H24N4O3. The summed E-state index contributed by atoms with van der Waals surface area (Å²) in [5.74, 6) is 2.25. The predicted molar refractivity (Wildman–Crippen MR) is 89.1 cm³/mol. The van der Waals surface area contributed by atoms with Crippen molar-refractivity contribution in [3.63, 3.8) is 0 Å². The van der Waals surface area contributed by atoms with E-state index in [4.69, 9.17) is 9.05 Å². The molecule has 25 heavy (non-hydrogen) atoms. The van der Waals surface area contributed by atoms with Crippen LogP contribution < -0.4 is 0 Å². The maximum atomic E-state index is 12.9. The third-order valence-electron chi connectivity index (χ3n) is 5.34. The van der Waals surface area contributed by atoms with Gasteiger partial charge in [-0.25, -0.2) is 0 Å². The van der Waals surface area contributed by atoms with Crippen LogP contribution in [-0.2, 0) is 0 Å². The summed E-state index contributed by atoms with van der Waals surface area (Å²) >= 11 is 0. The fourth-order valence-corrected chi connectivity index (χ4v) is 3.59. The van der Waals surface area contributed by atoms with Gasteiger partial charge in [0.1, 0.15) is 0 Å². The smallest absolute Gasteiger partial charge is 0.293 e. The van der Waals surface area contributed by atoms with Gasteiger partial charge in [-0.3, -0.25) is 4.79 Å². The van der Waals surface area contributed by atoms with Crippen LogP contribution in [0.25, 0.3) is 0 Å². The Hall–Kier alpha value is -2.18. The predicted octanol–water partition coefficient (Wildman–Crippen LogP) is 3.82. The van der Waals surface area contributed by atoms with E-state index in [-0.39, 0.29) is 11.9 Å². The Morgan fingerprint density at radius 1 is 1.24 bits per heavy atom. The summed E-state index contributed by atoms with van der Waals surface area (Å²) < 4.78 is 10.7. The minimum absolute atomic E-state index is 0.134. The molecule has 0 bridgehead atoms. The molecule has 0 unspecified atom stereocenters. The van der Waals surface area contributed by atoms with Crippen molar-refractivity contribution in [3.8, 4) is 0 Å². The molecule has 1 aliphatic heterocycles. The number of likely N-dealkylation sites (tertiary alicyclic amines) is 1. The van der Waals surface area contributed by atoms with Gasteiger partial charge >= 0.3 is 0 Å². The molecule has 2 aliphatic rings. The quantitative estimate of drug-likeness (QED) is 0.792. The lowest BCUT2D eigenvalue weighted by Gasteiger charge is -2.20. The van der Waals surface area contributed by atoms with E-state index in [2.05, 4.69) is 29.1 Å². The molecule has 1 saturated carbocycles.